The molecule has 1 aliphatic rings. The maximum Gasteiger partial charge on any atom is 0.320 e. The molecule has 3 nitrogen and oxygen atoms in total. The number of nitrogens with one attached hydrogen (secondary N) is 2. The van der Waals surface area contributed by atoms with E-state index in [9.17, 15) is 4.79 Å². The van der Waals surface area contributed by atoms with E-state index in [1.165, 1.54) is 0 Å². The summed E-state index contributed by atoms with van der Waals surface area (Å²) in [5.74, 6) is 2.63. The smallest absolute Gasteiger partial charge is 0.317 e. The van der Waals surface area contributed by atoms with Crippen LogP contribution < -0.4 is 10.6 Å². The average Bonchev–Trinajstić information content (AvgIpc) is 2.30. The molecule has 0 fully saturated rings. The summed E-state index contributed by atoms with van der Waals surface area (Å²) < 4.78 is 0. The fourth-order valence-corrected chi connectivity index (χ4v) is 2.12. The maximum atomic E-state index is 11.6. The zero-order valence-electron chi connectivity index (χ0n) is 9.09. The molecule has 4 heteroatoms. The number of hydrogen-bond acceptors (Lipinski definition) is 1. The van der Waals surface area contributed by atoms with E-state index in [0.29, 0.717) is 17.1 Å². The van der Waals surface area contributed by atoms with Crippen molar-refractivity contribution in [3.05, 3.63) is 41.4 Å². The number of anilines is 1. The second-order valence-corrected chi connectivity index (χ2v) is 4.25. The Labute approximate surface area is 105 Å². The Bertz CT molecular complexity index is 533. The normalized spacial score (nSPS) is 21.8. The van der Waals surface area contributed by atoms with Gasteiger partial charge in [-0.25, -0.2) is 4.79 Å². The van der Waals surface area contributed by atoms with E-state index in [4.69, 9.17) is 18.0 Å². The molecule has 0 aromatic heterocycles. The van der Waals surface area contributed by atoms with Crippen molar-refractivity contribution in [2.24, 2.45) is 0 Å². The fraction of sp³-hybridized carbons (Fsp3) is 0.154. The lowest BCUT2D eigenvalue weighted by Crippen LogP contribution is -2.50. The summed E-state index contributed by atoms with van der Waals surface area (Å²) in [6, 6.07) is 4.89. The lowest BCUT2D eigenvalue weighted by Gasteiger charge is -2.35. The molecule has 86 valence electrons. The number of halogens is 1. The Morgan fingerprint density at radius 1 is 1.59 bits per heavy atom. The number of carbonyl (C=O) groups excluding carboxylic acids is 1. The molecule has 1 heterocycles. The number of urea groups is 1. The molecule has 1 aliphatic heterocycles. The van der Waals surface area contributed by atoms with Crippen molar-refractivity contribution < 1.29 is 4.79 Å². The van der Waals surface area contributed by atoms with Gasteiger partial charge >= 0.3 is 6.03 Å². The zero-order valence-corrected chi connectivity index (χ0v) is 9.84. The van der Waals surface area contributed by atoms with Gasteiger partial charge in [0.15, 0.2) is 0 Å². The summed E-state index contributed by atoms with van der Waals surface area (Å²) in [5, 5.41) is 6.02. The average molecular weight is 247 g/mol. The molecule has 0 spiro atoms. The summed E-state index contributed by atoms with van der Waals surface area (Å²) in [6.45, 7) is 3.67. The van der Waals surface area contributed by atoms with E-state index in [2.05, 4.69) is 23.1 Å². The number of benzene rings is 1. The van der Waals surface area contributed by atoms with Gasteiger partial charge in [-0.1, -0.05) is 23.6 Å². The van der Waals surface area contributed by atoms with Crippen LogP contribution >= 0.6 is 11.6 Å². The lowest BCUT2D eigenvalue weighted by molar-refractivity contribution is 0.242. The highest BCUT2D eigenvalue weighted by Crippen LogP contribution is 2.36. The zero-order chi connectivity index (χ0) is 12.5. The molecule has 1 atom stereocenters. The molecule has 0 saturated heterocycles. The molecule has 2 amide bonds. The van der Waals surface area contributed by atoms with Crippen LogP contribution in [0.2, 0.25) is 5.02 Å². The van der Waals surface area contributed by atoms with E-state index in [0.717, 1.165) is 5.56 Å². The van der Waals surface area contributed by atoms with Crippen molar-refractivity contribution in [3.63, 3.8) is 0 Å². The van der Waals surface area contributed by atoms with Gasteiger partial charge in [0.25, 0.3) is 0 Å². The van der Waals surface area contributed by atoms with Gasteiger partial charge in [-0.2, -0.15) is 0 Å². The van der Waals surface area contributed by atoms with Crippen LogP contribution in [0.4, 0.5) is 10.5 Å². The molecule has 17 heavy (non-hydrogen) atoms. The van der Waals surface area contributed by atoms with Gasteiger partial charge in [0.1, 0.15) is 5.54 Å². The van der Waals surface area contributed by atoms with Gasteiger partial charge in [0.2, 0.25) is 0 Å². The Balaban J connectivity index is 2.63. The van der Waals surface area contributed by atoms with E-state index < -0.39 is 5.54 Å². The predicted molar refractivity (Wildman–Crippen MR) is 68.9 cm³/mol. The standard InChI is InChI=1S/C13H11ClN2O/c1-3-7-13(4-2)10-8-9(14)5-6-11(10)15-12(17)16-13/h2-3,5-6,8H,1,7H2,(H2,15,16,17). The van der Waals surface area contributed by atoms with Crippen LogP contribution in [0.3, 0.4) is 0 Å². The molecule has 0 aliphatic carbocycles. The highest BCUT2D eigenvalue weighted by molar-refractivity contribution is 6.30. The summed E-state index contributed by atoms with van der Waals surface area (Å²) in [4.78, 5) is 11.6. The van der Waals surface area contributed by atoms with E-state index in [1.54, 1.807) is 24.3 Å². The van der Waals surface area contributed by atoms with Crippen molar-refractivity contribution in [3.8, 4) is 12.3 Å². The SMILES string of the molecule is C#CC1(CC=C)NC(=O)Nc2ccc(Cl)cc21. The van der Waals surface area contributed by atoms with Crippen LogP contribution in [-0.4, -0.2) is 6.03 Å². The molecular weight excluding hydrogens is 236 g/mol. The van der Waals surface area contributed by atoms with Crippen molar-refractivity contribution >= 4 is 23.3 Å². The maximum absolute atomic E-state index is 11.6. The summed E-state index contributed by atoms with van der Waals surface area (Å²) in [6.07, 6.45) is 7.69. The Morgan fingerprint density at radius 3 is 3.00 bits per heavy atom. The number of carbonyl (C=O) groups is 1. The van der Waals surface area contributed by atoms with Crippen molar-refractivity contribution in [2.75, 3.05) is 5.32 Å². The lowest BCUT2D eigenvalue weighted by atomic mass is 9.85. The van der Waals surface area contributed by atoms with Gasteiger partial charge in [-0.3, -0.25) is 0 Å². The largest absolute Gasteiger partial charge is 0.320 e. The summed E-state index contributed by atoms with van der Waals surface area (Å²) in [5.41, 5.74) is 0.592. The molecule has 0 radical (unpaired) electrons. The van der Waals surface area contributed by atoms with Crippen LogP contribution in [0.25, 0.3) is 0 Å². The summed E-state index contributed by atoms with van der Waals surface area (Å²) >= 11 is 5.96. The second kappa shape index (κ2) is 4.15. The highest BCUT2D eigenvalue weighted by Gasteiger charge is 2.37. The van der Waals surface area contributed by atoms with Crippen LogP contribution in [-0.2, 0) is 5.54 Å². The third kappa shape index (κ3) is 1.88. The molecule has 2 rings (SSSR count). The predicted octanol–water partition coefficient (Wildman–Crippen LogP) is 2.88. The van der Waals surface area contributed by atoms with Crippen molar-refractivity contribution in [1.82, 2.24) is 5.32 Å². The third-order valence-corrected chi connectivity index (χ3v) is 2.95. The first-order valence-corrected chi connectivity index (χ1v) is 5.47. The highest BCUT2D eigenvalue weighted by atomic mass is 35.5. The van der Waals surface area contributed by atoms with Gasteiger partial charge < -0.3 is 10.6 Å². The monoisotopic (exact) mass is 246 g/mol. The van der Waals surface area contributed by atoms with Crippen LogP contribution in [0, 0.1) is 12.3 Å². The second-order valence-electron chi connectivity index (χ2n) is 3.81. The van der Waals surface area contributed by atoms with Crippen molar-refractivity contribution in [1.29, 1.82) is 0 Å². The number of terminal acetylenes is 1. The first kappa shape index (κ1) is 11.6. The molecule has 1 aromatic rings. The summed E-state index contributed by atoms with van der Waals surface area (Å²) in [7, 11) is 0. The van der Waals surface area contributed by atoms with Crippen LogP contribution in [0.1, 0.15) is 12.0 Å². The number of amides is 2. The van der Waals surface area contributed by atoms with Crippen LogP contribution in [0.15, 0.2) is 30.9 Å². The molecule has 1 aromatic carbocycles. The fourth-order valence-electron chi connectivity index (χ4n) is 1.94. The Kier molecular flexibility index (Phi) is 2.83. The van der Waals surface area contributed by atoms with Gasteiger partial charge in [-0.05, 0) is 18.2 Å². The number of fused-ring (bicyclic) bond motifs is 1. The molecule has 0 bridgehead atoms. The van der Waals surface area contributed by atoms with Gasteiger partial charge in [0.05, 0.1) is 0 Å². The van der Waals surface area contributed by atoms with Crippen molar-refractivity contribution in [2.45, 2.75) is 12.0 Å². The first-order chi connectivity index (χ1) is 8.11. The van der Waals surface area contributed by atoms with Gasteiger partial charge in [0, 0.05) is 22.7 Å². The quantitative estimate of drug-likeness (QED) is 0.612. The third-order valence-electron chi connectivity index (χ3n) is 2.71. The minimum absolute atomic E-state index is 0.320. The Hall–Kier alpha value is -1.92. The van der Waals surface area contributed by atoms with Gasteiger partial charge in [-0.15, -0.1) is 13.0 Å². The topological polar surface area (TPSA) is 41.1 Å². The minimum atomic E-state index is -0.871. The molecule has 0 saturated carbocycles. The van der Waals surface area contributed by atoms with E-state index >= 15 is 0 Å². The molecule has 2 N–H and O–H groups in total. The number of rotatable bonds is 2. The minimum Gasteiger partial charge on any atom is -0.317 e. The number of hydrogen-bond donors (Lipinski definition) is 2. The molecular formula is C13H11ClN2O. The first-order valence-electron chi connectivity index (χ1n) is 5.09. The molecule has 1 unspecified atom stereocenters. The van der Waals surface area contributed by atoms with E-state index in [1.807, 2.05) is 0 Å². The Morgan fingerprint density at radius 2 is 2.35 bits per heavy atom. The van der Waals surface area contributed by atoms with E-state index in [-0.39, 0.29) is 6.03 Å². The van der Waals surface area contributed by atoms with Crippen LogP contribution in [0.5, 0.6) is 0 Å².